The number of aryl methyl sites for hydroxylation is 1. The van der Waals surface area contributed by atoms with E-state index < -0.39 is 5.54 Å². The summed E-state index contributed by atoms with van der Waals surface area (Å²) < 4.78 is 5.36. The van der Waals surface area contributed by atoms with Crippen LogP contribution in [-0.4, -0.2) is 31.0 Å². The standard InChI is InChI=1S/C16H20N2O3/c1-10-4-7-13(21-3)12(8-10)18-9-14(19)17-16(2,15(18)20)11-5-6-11/h4,7-8,11H,5-6,9H2,1-3H3,(H,17,19). The van der Waals surface area contributed by atoms with Crippen LogP contribution < -0.4 is 15.0 Å². The monoisotopic (exact) mass is 288 g/mol. The average Bonchev–Trinajstić information content (AvgIpc) is 3.27. The van der Waals surface area contributed by atoms with Crippen molar-refractivity contribution < 1.29 is 14.3 Å². The molecule has 0 spiro atoms. The number of benzene rings is 1. The summed E-state index contributed by atoms with van der Waals surface area (Å²) in [6, 6.07) is 5.65. The van der Waals surface area contributed by atoms with E-state index in [4.69, 9.17) is 4.74 Å². The van der Waals surface area contributed by atoms with Gasteiger partial charge < -0.3 is 10.1 Å². The normalized spacial score (nSPS) is 25.8. The fraction of sp³-hybridized carbons (Fsp3) is 0.500. The number of hydrogen-bond acceptors (Lipinski definition) is 3. The van der Waals surface area contributed by atoms with Gasteiger partial charge in [-0.3, -0.25) is 14.5 Å². The summed E-state index contributed by atoms with van der Waals surface area (Å²) in [6.45, 7) is 3.83. The zero-order valence-electron chi connectivity index (χ0n) is 12.6. The van der Waals surface area contributed by atoms with E-state index in [9.17, 15) is 9.59 Å². The number of rotatable bonds is 3. The van der Waals surface area contributed by atoms with Gasteiger partial charge in [-0.05, 0) is 50.3 Å². The highest BCUT2D eigenvalue weighted by Gasteiger charge is 2.53. The topological polar surface area (TPSA) is 58.6 Å². The predicted molar refractivity (Wildman–Crippen MR) is 79.4 cm³/mol. The van der Waals surface area contributed by atoms with Gasteiger partial charge in [0.25, 0.3) is 5.91 Å². The van der Waals surface area contributed by atoms with Gasteiger partial charge in [-0.15, -0.1) is 0 Å². The molecule has 5 nitrogen and oxygen atoms in total. The fourth-order valence-electron chi connectivity index (χ4n) is 3.02. The van der Waals surface area contributed by atoms with Crippen molar-refractivity contribution in [2.75, 3.05) is 18.6 Å². The molecule has 1 saturated carbocycles. The molecule has 1 aliphatic carbocycles. The molecule has 2 aliphatic rings. The Morgan fingerprint density at radius 3 is 2.67 bits per heavy atom. The molecule has 1 saturated heterocycles. The molecule has 112 valence electrons. The van der Waals surface area contributed by atoms with E-state index in [0.717, 1.165) is 18.4 Å². The minimum Gasteiger partial charge on any atom is -0.495 e. The summed E-state index contributed by atoms with van der Waals surface area (Å²) in [7, 11) is 1.57. The molecule has 1 atom stereocenters. The minimum absolute atomic E-state index is 0.0426. The third-order valence-corrected chi connectivity index (χ3v) is 4.41. The van der Waals surface area contributed by atoms with Crippen LogP contribution in [0.2, 0.25) is 0 Å². The first-order valence-electron chi connectivity index (χ1n) is 7.23. The number of carbonyl (C=O) groups is 2. The largest absolute Gasteiger partial charge is 0.495 e. The Hall–Kier alpha value is -2.04. The lowest BCUT2D eigenvalue weighted by Crippen LogP contribution is -2.66. The molecule has 0 radical (unpaired) electrons. The molecule has 1 aromatic carbocycles. The first-order valence-corrected chi connectivity index (χ1v) is 7.23. The molecule has 0 bridgehead atoms. The lowest BCUT2D eigenvalue weighted by molar-refractivity contribution is -0.136. The number of piperazine rings is 1. The zero-order chi connectivity index (χ0) is 15.2. The fourth-order valence-corrected chi connectivity index (χ4v) is 3.02. The van der Waals surface area contributed by atoms with Gasteiger partial charge in [0.05, 0.1) is 12.8 Å². The molecule has 1 aliphatic heterocycles. The number of nitrogens with one attached hydrogen (secondary N) is 1. The number of hydrogen-bond donors (Lipinski definition) is 1. The van der Waals surface area contributed by atoms with Crippen LogP contribution in [-0.2, 0) is 9.59 Å². The van der Waals surface area contributed by atoms with Gasteiger partial charge in [-0.25, -0.2) is 0 Å². The van der Waals surface area contributed by atoms with Gasteiger partial charge in [0.1, 0.15) is 17.8 Å². The summed E-state index contributed by atoms with van der Waals surface area (Å²) in [4.78, 5) is 26.5. The molecule has 5 heteroatoms. The van der Waals surface area contributed by atoms with Crippen LogP contribution in [0.5, 0.6) is 5.75 Å². The Labute approximate surface area is 124 Å². The van der Waals surface area contributed by atoms with Gasteiger partial charge in [0, 0.05) is 0 Å². The van der Waals surface area contributed by atoms with Crippen LogP contribution in [0.1, 0.15) is 25.3 Å². The van der Waals surface area contributed by atoms with Gasteiger partial charge in [-0.1, -0.05) is 6.07 Å². The van der Waals surface area contributed by atoms with E-state index in [2.05, 4.69) is 5.32 Å². The van der Waals surface area contributed by atoms with Gasteiger partial charge in [0.2, 0.25) is 5.91 Å². The maximum absolute atomic E-state index is 12.9. The van der Waals surface area contributed by atoms with Crippen molar-refractivity contribution in [1.82, 2.24) is 5.32 Å². The highest BCUT2D eigenvalue weighted by molar-refractivity contribution is 6.10. The number of anilines is 1. The van der Waals surface area contributed by atoms with Crippen molar-refractivity contribution in [3.63, 3.8) is 0 Å². The maximum atomic E-state index is 12.9. The van der Waals surface area contributed by atoms with Crippen LogP contribution in [0.15, 0.2) is 18.2 Å². The van der Waals surface area contributed by atoms with Crippen molar-refractivity contribution in [2.24, 2.45) is 5.92 Å². The SMILES string of the molecule is COc1ccc(C)cc1N1CC(=O)NC(C)(C2CC2)C1=O. The van der Waals surface area contributed by atoms with Crippen molar-refractivity contribution in [3.05, 3.63) is 23.8 Å². The summed E-state index contributed by atoms with van der Waals surface area (Å²) >= 11 is 0. The third-order valence-electron chi connectivity index (χ3n) is 4.41. The van der Waals surface area contributed by atoms with Crippen molar-refractivity contribution in [1.29, 1.82) is 0 Å². The van der Waals surface area contributed by atoms with Gasteiger partial charge >= 0.3 is 0 Å². The lowest BCUT2D eigenvalue weighted by atomic mass is 9.91. The third kappa shape index (κ3) is 2.26. The molecule has 21 heavy (non-hydrogen) atoms. The molecule has 1 N–H and O–H groups in total. The summed E-state index contributed by atoms with van der Waals surface area (Å²) in [5.41, 5.74) is 0.909. The summed E-state index contributed by atoms with van der Waals surface area (Å²) in [5.74, 6) is 0.690. The molecule has 0 aromatic heterocycles. The first-order chi connectivity index (χ1) is 9.95. The Morgan fingerprint density at radius 1 is 1.33 bits per heavy atom. The van der Waals surface area contributed by atoms with E-state index in [0.29, 0.717) is 11.4 Å². The summed E-state index contributed by atoms with van der Waals surface area (Å²) in [6.07, 6.45) is 1.97. The lowest BCUT2D eigenvalue weighted by Gasteiger charge is -2.40. The molecule has 1 unspecified atom stereocenters. The molecule has 2 fully saturated rings. The van der Waals surface area contributed by atoms with Crippen LogP contribution in [0.3, 0.4) is 0 Å². The average molecular weight is 288 g/mol. The number of amides is 2. The molecule has 1 heterocycles. The highest BCUT2D eigenvalue weighted by atomic mass is 16.5. The highest BCUT2D eigenvalue weighted by Crippen LogP contribution is 2.43. The van der Waals surface area contributed by atoms with Gasteiger partial charge in [-0.2, -0.15) is 0 Å². The second-order valence-corrected chi connectivity index (χ2v) is 6.09. The van der Waals surface area contributed by atoms with Crippen molar-refractivity contribution in [3.8, 4) is 5.75 Å². The van der Waals surface area contributed by atoms with E-state index in [1.807, 2.05) is 32.0 Å². The summed E-state index contributed by atoms with van der Waals surface area (Å²) in [5, 5.41) is 2.89. The Morgan fingerprint density at radius 2 is 2.05 bits per heavy atom. The predicted octanol–water partition coefficient (Wildman–Crippen LogP) is 1.64. The Bertz CT molecular complexity index is 610. The van der Waals surface area contributed by atoms with Crippen LogP contribution in [0, 0.1) is 12.8 Å². The zero-order valence-corrected chi connectivity index (χ0v) is 12.6. The molecule has 1 aromatic rings. The van der Waals surface area contributed by atoms with Crippen molar-refractivity contribution >= 4 is 17.5 Å². The molecular formula is C16H20N2O3. The van der Waals surface area contributed by atoms with Crippen LogP contribution >= 0.6 is 0 Å². The quantitative estimate of drug-likeness (QED) is 0.919. The Balaban J connectivity index is 2.02. The number of carbonyl (C=O) groups excluding carboxylic acids is 2. The second-order valence-electron chi connectivity index (χ2n) is 6.09. The molecule has 2 amide bonds. The van der Waals surface area contributed by atoms with Crippen LogP contribution in [0.4, 0.5) is 5.69 Å². The minimum atomic E-state index is -0.788. The first kappa shape index (κ1) is 13.9. The maximum Gasteiger partial charge on any atom is 0.253 e. The van der Waals surface area contributed by atoms with E-state index in [-0.39, 0.29) is 24.3 Å². The second kappa shape index (κ2) is 4.76. The number of methoxy groups -OCH3 is 1. The Kier molecular flexibility index (Phi) is 3.15. The number of ether oxygens (including phenoxy) is 1. The van der Waals surface area contributed by atoms with E-state index in [1.54, 1.807) is 12.0 Å². The molecular weight excluding hydrogens is 268 g/mol. The van der Waals surface area contributed by atoms with Crippen LogP contribution in [0.25, 0.3) is 0 Å². The van der Waals surface area contributed by atoms with Gasteiger partial charge in [0.15, 0.2) is 0 Å². The van der Waals surface area contributed by atoms with Crippen molar-refractivity contribution in [2.45, 2.75) is 32.2 Å². The van der Waals surface area contributed by atoms with E-state index in [1.165, 1.54) is 0 Å². The molecule has 3 rings (SSSR count). The van der Waals surface area contributed by atoms with E-state index >= 15 is 0 Å². The smallest absolute Gasteiger partial charge is 0.253 e. The number of nitrogens with zero attached hydrogens (tertiary/aromatic N) is 1.